The van der Waals surface area contributed by atoms with Gasteiger partial charge < -0.3 is 5.73 Å². The smallest absolute Gasteiger partial charge is 0.369 e. The monoisotopic (exact) mass is 590 g/mol. The first-order chi connectivity index (χ1) is 18.8. The average molecular weight is 591 g/mol. The number of hydrogen-bond donors (Lipinski definition) is 2. The van der Waals surface area contributed by atoms with Crippen LogP contribution in [0.3, 0.4) is 0 Å². The lowest BCUT2D eigenvalue weighted by Gasteiger charge is -2.23. The van der Waals surface area contributed by atoms with Gasteiger partial charge in [0, 0.05) is 18.4 Å². The number of hydrazone groups is 1. The lowest BCUT2D eigenvalue weighted by atomic mass is 9.99. The molecule has 0 fully saturated rings. The van der Waals surface area contributed by atoms with Crippen molar-refractivity contribution >= 4 is 45.2 Å². The van der Waals surface area contributed by atoms with Gasteiger partial charge >= 0.3 is 6.18 Å². The van der Waals surface area contributed by atoms with Crippen LogP contribution in [-0.4, -0.2) is 37.0 Å². The SMILES string of the molecule is CC(=O)N/C(N)=N/C(=N\S(=O)(=O)c1ccc(C(F)(F)F)cc1)N1N=C(c2ccc(Cl)cc2)C[C@H]1c1ccccc1. The number of amides is 1. The third-order valence-electron chi connectivity index (χ3n) is 5.68. The molecular weight excluding hydrogens is 569 g/mol. The van der Waals surface area contributed by atoms with Gasteiger partial charge in [0.15, 0.2) is 0 Å². The summed E-state index contributed by atoms with van der Waals surface area (Å²) in [5, 5.41) is 8.59. The number of guanidine groups is 2. The Morgan fingerprint density at radius 1 is 1.05 bits per heavy atom. The summed E-state index contributed by atoms with van der Waals surface area (Å²) in [6.45, 7) is 1.18. The Kier molecular flexibility index (Phi) is 8.26. The molecule has 0 aromatic heterocycles. The van der Waals surface area contributed by atoms with Gasteiger partial charge in [-0.1, -0.05) is 54.1 Å². The average Bonchev–Trinajstić information content (AvgIpc) is 3.34. The number of aliphatic imine (C=N–C) groups is 1. The second kappa shape index (κ2) is 11.5. The molecule has 3 N–H and O–H groups in total. The zero-order valence-electron chi connectivity index (χ0n) is 20.8. The molecule has 0 bridgehead atoms. The lowest BCUT2D eigenvalue weighted by Crippen LogP contribution is -2.38. The standard InChI is InChI=1S/C26H22ClF3N6O3S/c1-16(37)32-24(31)33-25(35-40(38,39)21-13-9-19(10-14-21)26(28,29)30)36-23(18-5-3-2-4-6-18)15-22(34-36)17-7-11-20(27)12-8-17/h2-14,23H,15H2,1H3,(H3,31,32,33,35,37)/t23-/m0/s1. The number of carbonyl (C=O) groups is 1. The Hall–Kier alpha value is -4.23. The molecule has 1 heterocycles. The second-order valence-electron chi connectivity index (χ2n) is 8.60. The number of rotatable bonds is 4. The number of nitrogens with one attached hydrogen (secondary N) is 1. The maximum absolute atomic E-state index is 13.2. The van der Waals surface area contributed by atoms with Crippen LogP contribution in [-0.2, 0) is 21.0 Å². The van der Waals surface area contributed by atoms with Crippen LogP contribution in [0, 0.1) is 0 Å². The quantitative estimate of drug-likeness (QED) is 0.336. The van der Waals surface area contributed by atoms with E-state index in [9.17, 15) is 26.4 Å². The summed E-state index contributed by atoms with van der Waals surface area (Å²) in [6.07, 6.45) is -4.35. The first-order valence-corrected chi connectivity index (χ1v) is 13.5. The van der Waals surface area contributed by atoms with Gasteiger partial charge in [-0.15, -0.1) is 4.40 Å². The predicted molar refractivity (Wildman–Crippen MR) is 145 cm³/mol. The van der Waals surface area contributed by atoms with Gasteiger partial charge in [0.1, 0.15) is 0 Å². The molecule has 3 aromatic carbocycles. The minimum absolute atomic E-state index is 0.306. The van der Waals surface area contributed by atoms with Crippen LogP contribution in [0.5, 0.6) is 0 Å². The number of nitrogens with zero attached hydrogens (tertiary/aromatic N) is 4. The largest absolute Gasteiger partial charge is 0.416 e. The lowest BCUT2D eigenvalue weighted by molar-refractivity contribution is -0.137. The van der Waals surface area contributed by atoms with E-state index >= 15 is 0 Å². The van der Waals surface area contributed by atoms with Gasteiger partial charge in [-0.25, -0.2) is 5.01 Å². The van der Waals surface area contributed by atoms with Gasteiger partial charge in [-0.3, -0.25) is 10.1 Å². The Morgan fingerprint density at radius 3 is 2.25 bits per heavy atom. The summed E-state index contributed by atoms with van der Waals surface area (Å²) in [5.74, 6) is -1.54. The van der Waals surface area contributed by atoms with Crippen molar-refractivity contribution in [3.8, 4) is 0 Å². The number of benzene rings is 3. The van der Waals surface area contributed by atoms with Crippen LogP contribution in [0.15, 0.2) is 98.2 Å². The summed E-state index contributed by atoms with van der Waals surface area (Å²) in [5.41, 5.74) is 6.82. The highest BCUT2D eigenvalue weighted by molar-refractivity contribution is 7.90. The Labute approximate surface area is 232 Å². The zero-order chi connectivity index (χ0) is 29.1. The fraction of sp³-hybridized carbons (Fsp3) is 0.154. The summed E-state index contributed by atoms with van der Waals surface area (Å²) >= 11 is 6.02. The van der Waals surface area contributed by atoms with Crippen LogP contribution < -0.4 is 11.1 Å². The first-order valence-electron chi connectivity index (χ1n) is 11.6. The van der Waals surface area contributed by atoms with Gasteiger partial charge in [-0.2, -0.15) is 31.7 Å². The molecule has 208 valence electrons. The summed E-state index contributed by atoms with van der Waals surface area (Å²) in [7, 11) is -4.61. The van der Waals surface area contributed by atoms with E-state index in [-0.39, 0.29) is 0 Å². The molecule has 1 amide bonds. The van der Waals surface area contributed by atoms with Crippen molar-refractivity contribution < 1.29 is 26.4 Å². The Balaban J connectivity index is 1.85. The van der Waals surface area contributed by atoms with E-state index in [1.54, 1.807) is 54.6 Å². The van der Waals surface area contributed by atoms with Gasteiger partial charge in [0.05, 0.1) is 22.2 Å². The van der Waals surface area contributed by atoms with E-state index in [0.717, 1.165) is 17.7 Å². The van der Waals surface area contributed by atoms with E-state index in [1.165, 1.54) is 11.9 Å². The van der Waals surface area contributed by atoms with Gasteiger partial charge in [-0.05, 0) is 47.5 Å². The van der Waals surface area contributed by atoms with E-state index in [0.29, 0.717) is 34.9 Å². The molecule has 1 atom stereocenters. The molecule has 0 aliphatic carbocycles. The highest BCUT2D eigenvalue weighted by Crippen LogP contribution is 2.34. The number of alkyl halides is 3. The van der Waals surface area contributed by atoms with Crippen molar-refractivity contribution in [3.63, 3.8) is 0 Å². The molecule has 1 aliphatic heterocycles. The molecule has 3 aromatic rings. The molecule has 4 rings (SSSR count). The number of halogens is 4. The number of carbonyl (C=O) groups excluding carboxylic acids is 1. The molecule has 1 aliphatic rings. The van der Waals surface area contributed by atoms with Gasteiger partial charge in [0.25, 0.3) is 16.0 Å². The van der Waals surface area contributed by atoms with Crippen LogP contribution >= 0.6 is 11.6 Å². The van der Waals surface area contributed by atoms with Crippen molar-refractivity contribution in [2.24, 2.45) is 20.2 Å². The normalized spacial score (nSPS) is 16.6. The molecular formula is C26H22ClF3N6O3S. The molecule has 0 saturated heterocycles. The Bertz CT molecular complexity index is 1590. The van der Waals surface area contributed by atoms with Crippen molar-refractivity contribution in [1.82, 2.24) is 10.3 Å². The molecule has 0 radical (unpaired) electrons. The first kappa shape index (κ1) is 28.8. The van der Waals surface area contributed by atoms with E-state index in [1.807, 2.05) is 0 Å². The molecule has 14 heteroatoms. The summed E-state index contributed by atoms with van der Waals surface area (Å²) in [4.78, 5) is 15.1. The molecule has 0 saturated carbocycles. The fourth-order valence-electron chi connectivity index (χ4n) is 3.85. The maximum Gasteiger partial charge on any atom is 0.416 e. The Morgan fingerprint density at radius 2 is 1.68 bits per heavy atom. The van der Waals surface area contributed by atoms with Crippen molar-refractivity contribution in [2.45, 2.75) is 30.5 Å². The zero-order valence-corrected chi connectivity index (χ0v) is 22.4. The van der Waals surface area contributed by atoms with Crippen LogP contribution in [0.25, 0.3) is 0 Å². The van der Waals surface area contributed by atoms with Crippen LogP contribution in [0.2, 0.25) is 5.02 Å². The van der Waals surface area contributed by atoms with Crippen molar-refractivity contribution in [1.29, 1.82) is 0 Å². The summed E-state index contributed by atoms with van der Waals surface area (Å²) in [6, 6.07) is 18.1. The molecule has 40 heavy (non-hydrogen) atoms. The number of hydrogen-bond acceptors (Lipinski definition) is 4. The van der Waals surface area contributed by atoms with E-state index in [2.05, 4.69) is 19.8 Å². The second-order valence-corrected chi connectivity index (χ2v) is 10.6. The highest BCUT2D eigenvalue weighted by atomic mass is 35.5. The van der Waals surface area contributed by atoms with Crippen LogP contribution in [0.4, 0.5) is 13.2 Å². The number of nitrogens with two attached hydrogens (primary N) is 1. The molecule has 9 nitrogen and oxygen atoms in total. The third kappa shape index (κ3) is 6.85. The van der Waals surface area contributed by atoms with E-state index in [4.69, 9.17) is 17.3 Å². The van der Waals surface area contributed by atoms with Crippen molar-refractivity contribution in [3.05, 3.63) is 101 Å². The maximum atomic E-state index is 13.2. The van der Waals surface area contributed by atoms with E-state index < -0.39 is 50.5 Å². The highest BCUT2D eigenvalue weighted by Gasteiger charge is 2.34. The summed E-state index contributed by atoms with van der Waals surface area (Å²) < 4.78 is 69.3. The third-order valence-corrected chi connectivity index (χ3v) is 7.21. The number of sulfonamides is 1. The topological polar surface area (TPSA) is 130 Å². The van der Waals surface area contributed by atoms with Crippen molar-refractivity contribution in [2.75, 3.05) is 0 Å². The predicted octanol–water partition coefficient (Wildman–Crippen LogP) is 4.71. The molecule has 0 unspecified atom stereocenters. The molecule has 0 spiro atoms. The fourth-order valence-corrected chi connectivity index (χ4v) is 4.90. The minimum Gasteiger partial charge on any atom is -0.369 e. The van der Waals surface area contributed by atoms with Crippen LogP contribution in [0.1, 0.15) is 36.1 Å². The van der Waals surface area contributed by atoms with Gasteiger partial charge in [0.2, 0.25) is 11.9 Å². The minimum atomic E-state index is -4.65.